The highest BCUT2D eigenvalue weighted by molar-refractivity contribution is 7.85. The van der Waals surface area contributed by atoms with Crippen molar-refractivity contribution in [1.29, 1.82) is 0 Å². The Hall–Kier alpha value is -0.250. The SMILES string of the molecule is CS(=O)(=O)OC[C@@H]1O[C@@H](C2OCCO2)[C@@H]2O[C@@H]21. The van der Waals surface area contributed by atoms with Crippen LogP contribution in [0.4, 0.5) is 0 Å². The van der Waals surface area contributed by atoms with Gasteiger partial charge in [0.1, 0.15) is 24.4 Å². The summed E-state index contributed by atoms with van der Waals surface area (Å²) in [6, 6.07) is 0. The number of hydrogen-bond donors (Lipinski definition) is 0. The minimum atomic E-state index is -3.45. The molecule has 0 aromatic carbocycles. The van der Waals surface area contributed by atoms with E-state index in [9.17, 15) is 8.42 Å². The van der Waals surface area contributed by atoms with Gasteiger partial charge in [-0.15, -0.1) is 0 Å². The van der Waals surface area contributed by atoms with Gasteiger partial charge in [-0.1, -0.05) is 0 Å². The van der Waals surface area contributed by atoms with E-state index in [0.29, 0.717) is 13.2 Å². The van der Waals surface area contributed by atoms with E-state index in [1.54, 1.807) is 0 Å². The third-order valence-electron chi connectivity index (χ3n) is 2.95. The fraction of sp³-hybridized carbons (Fsp3) is 1.00. The fourth-order valence-electron chi connectivity index (χ4n) is 2.17. The first kappa shape index (κ1) is 11.8. The minimum absolute atomic E-state index is 0.0246. The molecular formula is C9H14O7S. The molecule has 0 spiro atoms. The van der Waals surface area contributed by atoms with Gasteiger partial charge < -0.3 is 18.9 Å². The molecule has 3 aliphatic heterocycles. The Morgan fingerprint density at radius 3 is 2.47 bits per heavy atom. The van der Waals surface area contributed by atoms with Crippen molar-refractivity contribution in [2.24, 2.45) is 0 Å². The van der Waals surface area contributed by atoms with E-state index in [1.165, 1.54) is 0 Å². The molecule has 3 saturated heterocycles. The second kappa shape index (κ2) is 4.15. The molecule has 0 N–H and O–H groups in total. The second-order valence-electron chi connectivity index (χ2n) is 4.30. The summed E-state index contributed by atoms with van der Waals surface area (Å²) in [7, 11) is -3.45. The Balaban J connectivity index is 1.56. The molecule has 0 amide bonds. The Morgan fingerprint density at radius 1 is 1.12 bits per heavy atom. The van der Waals surface area contributed by atoms with E-state index in [0.717, 1.165) is 6.26 Å². The topological polar surface area (TPSA) is 83.6 Å². The minimum Gasteiger partial charge on any atom is -0.364 e. The van der Waals surface area contributed by atoms with Crippen molar-refractivity contribution in [3.05, 3.63) is 0 Å². The van der Waals surface area contributed by atoms with Crippen LogP contribution in [0.3, 0.4) is 0 Å². The van der Waals surface area contributed by atoms with Crippen LogP contribution >= 0.6 is 0 Å². The molecule has 0 aliphatic carbocycles. The lowest BCUT2D eigenvalue weighted by Gasteiger charge is -2.20. The molecule has 7 nitrogen and oxygen atoms in total. The maximum atomic E-state index is 10.9. The van der Waals surface area contributed by atoms with Crippen LogP contribution < -0.4 is 0 Å². The first-order valence-electron chi connectivity index (χ1n) is 5.43. The molecule has 0 saturated carbocycles. The fourth-order valence-corrected chi connectivity index (χ4v) is 2.55. The first-order chi connectivity index (χ1) is 8.04. The van der Waals surface area contributed by atoms with E-state index in [2.05, 4.69) is 0 Å². The van der Waals surface area contributed by atoms with Gasteiger partial charge in [0, 0.05) is 0 Å². The highest BCUT2D eigenvalue weighted by atomic mass is 32.2. The number of rotatable bonds is 4. The predicted octanol–water partition coefficient (Wildman–Crippen LogP) is -1.13. The number of hydrogen-bond acceptors (Lipinski definition) is 7. The van der Waals surface area contributed by atoms with Crippen LogP contribution in [0.15, 0.2) is 0 Å². The van der Waals surface area contributed by atoms with Crippen LogP contribution in [0.2, 0.25) is 0 Å². The van der Waals surface area contributed by atoms with Gasteiger partial charge >= 0.3 is 0 Å². The van der Waals surface area contributed by atoms with Gasteiger partial charge in [-0.25, -0.2) is 0 Å². The summed E-state index contributed by atoms with van der Waals surface area (Å²) in [6.45, 7) is 1.07. The maximum absolute atomic E-state index is 10.9. The van der Waals surface area contributed by atoms with E-state index in [1.807, 2.05) is 0 Å². The van der Waals surface area contributed by atoms with Crippen LogP contribution in [-0.4, -0.2) is 65.2 Å². The average Bonchev–Trinajstić information content (AvgIpc) is 2.74. The molecule has 3 aliphatic rings. The zero-order valence-corrected chi connectivity index (χ0v) is 10.1. The molecule has 3 rings (SSSR count). The highest BCUT2D eigenvalue weighted by Crippen LogP contribution is 2.42. The van der Waals surface area contributed by atoms with Gasteiger partial charge in [0.15, 0.2) is 6.29 Å². The van der Waals surface area contributed by atoms with Crippen molar-refractivity contribution >= 4 is 10.1 Å². The van der Waals surface area contributed by atoms with Crippen LogP contribution in [0.25, 0.3) is 0 Å². The van der Waals surface area contributed by atoms with E-state index < -0.39 is 16.4 Å². The van der Waals surface area contributed by atoms with Gasteiger partial charge in [-0.3, -0.25) is 4.18 Å². The van der Waals surface area contributed by atoms with Crippen molar-refractivity contribution in [3.8, 4) is 0 Å². The molecular weight excluding hydrogens is 252 g/mol. The van der Waals surface area contributed by atoms with E-state index in [4.69, 9.17) is 23.1 Å². The third kappa shape index (κ3) is 2.47. The van der Waals surface area contributed by atoms with Crippen molar-refractivity contribution < 1.29 is 31.5 Å². The quantitative estimate of drug-likeness (QED) is 0.470. The number of fused-ring (bicyclic) bond motifs is 1. The molecule has 3 fully saturated rings. The summed E-state index contributed by atoms with van der Waals surface area (Å²) in [5, 5.41) is 0. The van der Waals surface area contributed by atoms with Gasteiger partial charge in [-0.05, 0) is 0 Å². The normalized spacial score (nSPS) is 41.7. The summed E-state index contributed by atoms with van der Waals surface area (Å²) in [6.07, 6.45) is -0.217. The molecule has 0 unspecified atom stereocenters. The predicted molar refractivity (Wildman–Crippen MR) is 53.8 cm³/mol. The van der Waals surface area contributed by atoms with Gasteiger partial charge in [0.05, 0.1) is 26.1 Å². The maximum Gasteiger partial charge on any atom is 0.264 e. The number of ether oxygens (including phenoxy) is 4. The smallest absolute Gasteiger partial charge is 0.264 e. The van der Waals surface area contributed by atoms with Crippen molar-refractivity contribution in [3.63, 3.8) is 0 Å². The highest BCUT2D eigenvalue weighted by Gasteiger charge is 2.61. The summed E-state index contributed by atoms with van der Waals surface area (Å²) in [4.78, 5) is 0. The van der Waals surface area contributed by atoms with Crippen molar-refractivity contribution in [2.75, 3.05) is 26.1 Å². The molecule has 0 aromatic rings. The first-order valence-corrected chi connectivity index (χ1v) is 7.25. The zero-order chi connectivity index (χ0) is 12.0. The van der Waals surface area contributed by atoms with Crippen LogP contribution in [0.1, 0.15) is 0 Å². The van der Waals surface area contributed by atoms with E-state index >= 15 is 0 Å². The molecule has 3 heterocycles. The molecule has 0 aromatic heterocycles. The van der Waals surface area contributed by atoms with Gasteiger partial charge in [0.2, 0.25) is 0 Å². The molecule has 98 valence electrons. The Morgan fingerprint density at radius 2 is 1.82 bits per heavy atom. The van der Waals surface area contributed by atoms with Crippen molar-refractivity contribution in [2.45, 2.75) is 30.7 Å². The Bertz CT molecular complexity index is 388. The van der Waals surface area contributed by atoms with E-state index in [-0.39, 0.29) is 31.0 Å². The largest absolute Gasteiger partial charge is 0.364 e. The summed E-state index contributed by atoms with van der Waals surface area (Å²) < 4.78 is 48.2. The standard InChI is InChI=1S/C9H14O7S/c1-17(10,11)14-4-5-6-7(16-6)8(15-5)9-12-2-3-13-9/h5-9H,2-4H2,1H3/t5-,6+,7+,8+/m0/s1. The lowest BCUT2D eigenvalue weighted by Crippen LogP contribution is -2.34. The second-order valence-corrected chi connectivity index (χ2v) is 5.95. The summed E-state index contributed by atoms with van der Waals surface area (Å²) in [5.41, 5.74) is 0. The Kier molecular flexibility index (Phi) is 2.88. The zero-order valence-electron chi connectivity index (χ0n) is 9.27. The molecule has 17 heavy (non-hydrogen) atoms. The van der Waals surface area contributed by atoms with Gasteiger partial charge in [0.25, 0.3) is 10.1 Å². The number of epoxide rings is 1. The molecule has 0 bridgehead atoms. The van der Waals surface area contributed by atoms with Crippen molar-refractivity contribution in [1.82, 2.24) is 0 Å². The summed E-state index contributed by atoms with van der Waals surface area (Å²) in [5.74, 6) is 0. The average molecular weight is 266 g/mol. The van der Waals surface area contributed by atoms with Crippen LogP contribution in [0.5, 0.6) is 0 Å². The Labute approximate surface area is 99.0 Å². The molecule has 0 radical (unpaired) electrons. The molecule has 8 heteroatoms. The van der Waals surface area contributed by atoms with Crippen LogP contribution in [-0.2, 0) is 33.2 Å². The third-order valence-corrected chi connectivity index (χ3v) is 3.51. The molecule has 4 atom stereocenters. The summed E-state index contributed by atoms with van der Waals surface area (Å²) >= 11 is 0. The lowest BCUT2D eigenvalue weighted by atomic mass is 10.2. The lowest BCUT2D eigenvalue weighted by molar-refractivity contribution is -0.167. The van der Waals surface area contributed by atoms with Crippen LogP contribution in [0, 0.1) is 0 Å². The van der Waals surface area contributed by atoms with Gasteiger partial charge in [-0.2, -0.15) is 8.42 Å². The monoisotopic (exact) mass is 266 g/mol.